The van der Waals surface area contributed by atoms with Crippen LogP contribution in [0.2, 0.25) is 0 Å². The molecule has 0 aliphatic heterocycles. The highest BCUT2D eigenvalue weighted by molar-refractivity contribution is 4.93. The number of nitrogens with zero attached hydrogens (tertiary/aromatic N) is 1. The summed E-state index contributed by atoms with van der Waals surface area (Å²) in [5, 5.41) is 0. The summed E-state index contributed by atoms with van der Waals surface area (Å²) in [5.74, 6) is 0. The second-order valence-electron chi connectivity index (χ2n) is 3.15. The van der Waals surface area contributed by atoms with Crippen molar-refractivity contribution in [1.82, 2.24) is 4.90 Å². The molecule has 0 bridgehead atoms. The van der Waals surface area contributed by atoms with Gasteiger partial charge in [0.15, 0.2) is 0 Å². The van der Waals surface area contributed by atoms with Crippen LogP contribution in [0.3, 0.4) is 0 Å². The monoisotopic (exact) mass is 155 g/mol. The van der Waals surface area contributed by atoms with Crippen molar-refractivity contribution in [2.24, 2.45) is 0 Å². The van der Waals surface area contributed by atoms with Crippen LogP contribution in [0.5, 0.6) is 0 Å². The van der Waals surface area contributed by atoms with Crippen LogP contribution < -0.4 is 0 Å². The smallest absolute Gasteiger partial charge is 0.00153 e. The van der Waals surface area contributed by atoms with Crippen LogP contribution in [-0.2, 0) is 0 Å². The largest absolute Gasteiger partial charge is 0.306 e. The SMILES string of the molecule is C=C(CCC)CCN(C)CC. The molecule has 0 aliphatic rings. The molecule has 0 N–H and O–H groups in total. The van der Waals surface area contributed by atoms with Crippen molar-refractivity contribution in [2.75, 3.05) is 20.1 Å². The maximum absolute atomic E-state index is 4.02. The highest BCUT2D eigenvalue weighted by Gasteiger charge is 1.96. The molecule has 0 aromatic carbocycles. The predicted octanol–water partition coefficient (Wildman–Crippen LogP) is 2.68. The van der Waals surface area contributed by atoms with Gasteiger partial charge in [-0.3, -0.25) is 0 Å². The van der Waals surface area contributed by atoms with Gasteiger partial charge in [-0.15, -0.1) is 0 Å². The Morgan fingerprint density at radius 1 is 1.27 bits per heavy atom. The minimum atomic E-state index is 1.14. The number of hydrogen-bond donors (Lipinski definition) is 0. The van der Waals surface area contributed by atoms with Crippen LogP contribution in [0, 0.1) is 0 Å². The predicted molar refractivity (Wildman–Crippen MR) is 51.8 cm³/mol. The molecule has 0 aromatic rings. The van der Waals surface area contributed by atoms with Crippen LogP contribution >= 0.6 is 0 Å². The number of rotatable bonds is 6. The fourth-order valence-corrected chi connectivity index (χ4v) is 0.986. The van der Waals surface area contributed by atoms with Gasteiger partial charge < -0.3 is 4.90 Å². The van der Waals surface area contributed by atoms with Gasteiger partial charge in [-0.1, -0.05) is 32.4 Å². The van der Waals surface area contributed by atoms with E-state index in [2.05, 4.69) is 32.4 Å². The highest BCUT2D eigenvalue weighted by atomic mass is 15.1. The zero-order valence-corrected chi connectivity index (χ0v) is 8.19. The van der Waals surface area contributed by atoms with Crippen molar-refractivity contribution in [2.45, 2.75) is 33.1 Å². The Morgan fingerprint density at radius 2 is 1.91 bits per heavy atom. The average Bonchev–Trinajstić information content (AvgIpc) is 2.01. The van der Waals surface area contributed by atoms with Crippen molar-refractivity contribution in [3.05, 3.63) is 12.2 Å². The second-order valence-corrected chi connectivity index (χ2v) is 3.15. The Labute approximate surface area is 71.1 Å². The Morgan fingerprint density at radius 3 is 2.36 bits per heavy atom. The molecule has 0 spiro atoms. The fourth-order valence-electron chi connectivity index (χ4n) is 0.986. The van der Waals surface area contributed by atoms with Gasteiger partial charge in [0.1, 0.15) is 0 Å². The molecule has 1 heteroatoms. The highest BCUT2D eigenvalue weighted by Crippen LogP contribution is 2.06. The maximum Gasteiger partial charge on any atom is 0.00153 e. The second kappa shape index (κ2) is 6.41. The van der Waals surface area contributed by atoms with Crippen molar-refractivity contribution in [1.29, 1.82) is 0 Å². The molecule has 1 nitrogen and oxygen atoms in total. The van der Waals surface area contributed by atoms with Crippen molar-refractivity contribution >= 4 is 0 Å². The molecular formula is C10H21N. The van der Waals surface area contributed by atoms with E-state index < -0.39 is 0 Å². The van der Waals surface area contributed by atoms with Gasteiger partial charge in [-0.05, 0) is 26.4 Å². The lowest BCUT2D eigenvalue weighted by molar-refractivity contribution is 0.356. The first-order valence-electron chi connectivity index (χ1n) is 4.55. The minimum absolute atomic E-state index is 1.14. The third-order valence-corrected chi connectivity index (χ3v) is 1.99. The standard InChI is InChI=1S/C10H21N/c1-5-7-10(3)8-9-11(4)6-2/h3,5-9H2,1-2,4H3. The van der Waals surface area contributed by atoms with Gasteiger partial charge in [-0.25, -0.2) is 0 Å². The molecule has 0 aromatic heterocycles. The Hall–Kier alpha value is -0.300. The van der Waals surface area contributed by atoms with Gasteiger partial charge in [0.2, 0.25) is 0 Å². The molecule has 11 heavy (non-hydrogen) atoms. The number of hydrogen-bond acceptors (Lipinski definition) is 1. The molecule has 0 amide bonds. The van der Waals surface area contributed by atoms with Crippen molar-refractivity contribution < 1.29 is 0 Å². The maximum atomic E-state index is 4.02. The van der Waals surface area contributed by atoms with Crippen molar-refractivity contribution in [3.8, 4) is 0 Å². The first-order chi connectivity index (χ1) is 5.20. The van der Waals surface area contributed by atoms with Gasteiger partial charge in [0.25, 0.3) is 0 Å². The van der Waals surface area contributed by atoms with Crippen LogP contribution in [0.15, 0.2) is 12.2 Å². The molecule has 0 rings (SSSR count). The molecule has 66 valence electrons. The quantitative estimate of drug-likeness (QED) is 0.533. The lowest BCUT2D eigenvalue weighted by atomic mass is 10.1. The normalized spacial score (nSPS) is 10.5. The van der Waals surface area contributed by atoms with Gasteiger partial charge in [0, 0.05) is 6.54 Å². The summed E-state index contributed by atoms with van der Waals surface area (Å²) in [4.78, 5) is 2.32. The summed E-state index contributed by atoms with van der Waals surface area (Å²) in [6.07, 6.45) is 3.59. The van der Waals surface area contributed by atoms with E-state index in [-0.39, 0.29) is 0 Å². The van der Waals surface area contributed by atoms with E-state index in [1.54, 1.807) is 0 Å². The third-order valence-electron chi connectivity index (χ3n) is 1.99. The Balaban J connectivity index is 3.30. The molecule has 0 saturated heterocycles. The molecule has 0 heterocycles. The van der Waals surface area contributed by atoms with Crippen LogP contribution in [0.25, 0.3) is 0 Å². The Bertz CT molecular complexity index is 107. The first kappa shape index (κ1) is 10.7. The zero-order chi connectivity index (χ0) is 8.69. The molecule has 0 radical (unpaired) electrons. The summed E-state index contributed by atoms with van der Waals surface area (Å²) in [5.41, 5.74) is 1.40. The molecule has 0 unspecified atom stereocenters. The third kappa shape index (κ3) is 6.11. The van der Waals surface area contributed by atoms with E-state index >= 15 is 0 Å². The summed E-state index contributed by atoms with van der Waals surface area (Å²) in [6, 6.07) is 0. The van der Waals surface area contributed by atoms with Crippen molar-refractivity contribution in [3.63, 3.8) is 0 Å². The first-order valence-corrected chi connectivity index (χ1v) is 4.55. The van der Waals surface area contributed by atoms with Gasteiger partial charge in [-0.2, -0.15) is 0 Å². The summed E-state index contributed by atoms with van der Waals surface area (Å²) >= 11 is 0. The van der Waals surface area contributed by atoms with E-state index in [4.69, 9.17) is 0 Å². The lowest BCUT2D eigenvalue weighted by Crippen LogP contribution is -2.18. The topological polar surface area (TPSA) is 3.24 Å². The molecular weight excluding hydrogens is 134 g/mol. The summed E-state index contributed by atoms with van der Waals surface area (Å²) in [7, 11) is 2.15. The molecule has 0 saturated carbocycles. The molecule has 0 atom stereocenters. The van der Waals surface area contributed by atoms with E-state index in [0.29, 0.717) is 0 Å². The Kier molecular flexibility index (Phi) is 6.24. The van der Waals surface area contributed by atoms with E-state index in [1.165, 1.54) is 18.4 Å². The fraction of sp³-hybridized carbons (Fsp3) is 0.800. The lowest BCUT2D eigenvalue weighted by Gasteiger charge is -2.13. The van der Waals surface area contributed by atoms with Crippen LogP contribution in [-0.4, -0.2) is 25.0 Å². The minimum Gasteiger partial charge on any atom is -0.306 e. The van der Waals surface area contributed by atoms with E-state index in [0.717, 1.165) is 19.5 Å². The molecule has 0 aliphatic carbocycles. The van der Waals surface area contributed by atoms with Crippen LogP contribution in [0.4, 0.5) is 0 Å². The van der Waals surface area contributed by atoms with Gasteiger partial charge in [0.05, 0.1) is 0 Å². The average molecular weight is 155 g/mol. The van der Waals surface area contributed by atoms with Crippen LogP contribution in [0.1, 0.15) is 33.1 Å². The zero-order valence-electron chi connectivity index (χ0n) is 8.19. The summed E-state index contributed by atoms with van der Waals surface area (Å²) < 4.78 is 0. The molecule has 0 fully saturated rings. The van der Waals surface area contributed by atoms with E-state index in [1.807, 2.05) is 0 Å². The van der Waals surface area contributed by atoms with Gasteiger partial charge >= 0.3 is 0 Å². The van der Waals surface area contributed by atoms with E-state index in [9.17, 15) is 0 Å². The summed E-state index contributed by atoms with van der Waals surface area (Å²) in [6.45, 7) is 10.7.